The summed E-state index contributed by atoms with van der Waals surface area (Å²) >= 11 is 0. The number of hydrogen-bond donors (Lipinski definition) is 1. The summed E-state index contributed by atoms with van der Waals surface area (Å²) in [7, 11) is -2.50. The van der Waals surface area contributed by atoms with Crippen LogP contribution in [0.15, 0.2) is 23.1 Å². The van der Waals surface area contributed by atoms with E-state index in [1.165, 1.54) is 17.5 Å². The molecule has 1 atom stereocenters. The highest BCUT2D eigenvalue weighted by Gasteiger charge is 2.31. The van der Waals surface area contributed by atoms with Crippen LogP contribution in [0.25, 0.3) is 0 Å². The fourth-order valence-electron chi connectivity index (χ4n) is 2.31. The van der Waals surface area contributed by atoms with E-state index in [4.69, 9.17) is 10.5 Å². The Balaban J connectivity index is 2.42. The molecule has 0 aliphatic carbocycles. The summed E-state index contributed by atoms with van der Waals surface area (Å²) in [5.74, 6) is -0.0386. The second-order valence-electron chi connectivity index (χ2n) is 4.86. The standard InChI is InChI=1S/C12H17N3O5S/c1-20-11-7-10(15(16)17)4-5-12(11)21(18,19)14-6-2-3-9(13)8-14/h4-5,7,9H,2-3,6,8,13H2,1H3. The molecule has 8 nitrogen and oxygen atoms in total. The van der Waals surface area contributed by atoms with E-state index in [-0.39, 0.29) is 28.9 Å². The molecule has 0 radical (unpaired) electrons. The van der Waals surface area contributed by atoms with Crippen LogP contribution in [0.5, 0.6) is 5.75 Å². The van der Waals surface area contributed by atoms with E-state index in [2.05, 4.69) is 0 Å². The topological polar surface area (TPSA) is 116 Å². The number of non-ortho nitro benzene ring substituents is 1. The van der Waals surface area contributed by atoms with Crippen molar-refractivity contribution in [2.45, 2.75) is 23.8 Å². The first-order valence-corrected chi connectivity index (χ1v) is 7.88. The second-order valence-corrected chi connectivity index (χ2v) is 6.76. The van der Waals surface area contributed by atoms with Crippen LogP contribution < -0.4 is 10.5 Å². The van der Waals surface area contributed by atoms with Gasteiger partial charge in [0.25, 0.3) is 5.69 Å². The van der Waals surface area contributed by atoms with Gasteiger partial charge in [0, 0.05) is 25.2 Å². The van der Waals surface area contributed by atoms with Gasteiger partial charge in [0.2, 0.25) is 10.0 Å². The van der Waals surface area contributed by atoms with Crippen LogP contribution in [0, 0.1) is 10.1 Å². The molecular weight excluding hydrogens is 298 g/mol. The van der Waals surface area contributed by atoms with Crippen LogP contribution in [0.1, 0.15) is 12.8 Å². The molecule has 1 fully saturated rings. The molecule has 1 aliphatic rings. The molecule has 1 saturated heterocycles. The number of sulfonamides is 1. The van der Waals surface area contributed by atoms with Crippen molar-refractivity contribution >= 4 is 15.7 Å². The van der Waals surface area contributed by atoms with Crippen molar-refractivity contribution in [2.75, 3.05) is 20.2 Å². The van der Waals surface area contributed by atoms with Gasteiger partial charge in [-0.3, -0.25) is 10.1 Å². The Kier molecular flexibility index (Phi) is 4.45. The third kappa shape index (κ3) is 3.14. The van der Waals surface area contributed by atoms with Crippen LogP contribution >= 0.6 is 0 Å². The largest absolute Gasteiger partial charge is 0.495 e. The summed E-state index contributed by atoms with van der Waals surface area (Å²) in [6.45, 7) is 0.624. The van der Waals surface area contributed by atoms with E-state index in [9.17, 15) is 18.5 Å². The molecule has 116 valence electrons. The van der Waals surface area contributed by atoms with Crippen LogP contribution in [-0.4, -0.2) is 43.9 Å². The zero-order valence-corrected chi connectivity index (χ0v) is 12.4. The van der Waals surface area contributed by atoms with Crippen LogP contribution in [-0.2, 0) is 10.0 Å². The average molecular weight is 315 g/mol. The van der Waals surface area contributed by atoms with E-state index in [0.29, 0.717) is 13.0 Å². The summed E-state index contributed by atoms with van der Waals surface area (Å²) in [5, 5.41) is 10.7. The molecule has 2 N–H and O–H groups in total. The number of piperidine rings is 1. The zero-order valence-electron chi connectivity index (χ0n) is 11.6. The van der Waals surface area contributed by atoms with Gasteiger partial charge in [0.15, 0.2) is 0 Å². The Morgan fingerprint density at radius 1 is 1.48 bits per heavy atom. The predicted molar refractivity (Wildman–Crippen MR) is 75.6 cm³/mol. The van der Waals surface area contributed by atoms with E-state index in [1.54, 1.807) is 0 Å². The molecule has 0 spiro atoms. The van der Waals surface area contributed by atoms with Crippen molar-refractivity contribution in [3.63, 3.8) is 0 Å². The quantitative estimate of drug-likeness (QED) is 0.646. The lowest BCUT2D eigenvalue weighted by Gasteiger charge is -2.30. The lowest BCUT2D eigenvalue weighted by atomic mass is 10.1. The number of nitrogens with two attached hydrogens (primary N) is 1. The van der Waals surface area contributed by atoms with Crippen molar-refractivity contribution in [3.05, 3.63) is 28.3 Å². The lowest BCUT2D eigenvalue weighted by Crippen LogP contribution is -2.45. The van der Waals surface area contributed by atoms with Gasteiger partial charge in [-0.2, -0.15) is 4.31 Å². The molecule has 0 amide bonds. The fourth-order valence-corrected chi connectivity index (χ4v) is 3.99. The first kappa shape index (κ1) is 15.7. The first-order chi connectivity index (χ1) is 9.86. The van der Waals surface area contributed by atoms with E-state index >= 15 is 0 Å². The number of nitrogens with zero attached hydrogens (tertiary/aromatic N) is 2. The summed E-state index contributed by atoms with van der Waals surface area (Å²) in [5.41, 5.74) is 5.59. The van der Waals surface area contributed by atoms with Crippen LogP contribution in [0.2, 0.25) is 0 Å². The lowest BCUT2D eigenvalue weighted by molar-refractivity contribution is -0.385. The maximum atomic E-state index is 12.6. The van der Waals surface area contributed by atoms with Crippen LogP contribution in [0.4, 0.5) is 5.69 Å². The van der Waals surface area contributed by atoms with Gasteiger partial charge in [0.1, 0.15) is 10.6 Å². The molecule has 21 heavy (non-hydrogen) atoms. The van der Waals surface area contributed by atoms with Gasteiger partial charge in [-0.15, -0.1) is 0 Å². The summed E-state index contributed by atoms with van der Waals surface area (Å²) in [4.78, 5) is 10.1. The average Bonchev–Trinajstić information content (AvgIpc) is 2.46. The van der Waals surface area contributed by atoms with Gasteiger partial charge in [-0.05, 0) is 18.9 Å². The minimum absolute atomic E-state index is 0.0386. The highest BCUT2D eigenvalue weighted by Crippen LogP contribution is 2.31. The maximum absolute atomic E-state index is 12.6. The molecule has 9 heteroatoms. The van der Waals surface area contributed by atoms with Crippen molar-refractivity contribution in [1.29, 1.82) is 0 Å². The highest BCUT2D eigenvalue weighted by molar-refractivity contribution is 7.89. The molecule has 0 saturated carbocycles. The number of nitro benzene ring substituents is 1. The Morgan fingerprint density at radius 3 is 2.76 bits per heavy atom. The number of nitro groups is 1. The Bertz CT molecular complexity index is 646. The minimum atomic E-state index is -3.77. The molecule has 2 rings (SSSR count). The number of hydrogen-bond acceptors (Lipinski definition) is 6. The first-order valence-electron chi connectivity index (χ1n) is 6.44. The maximum Gasteiger partial charge on any atom is 0.273 e. The van der Waals surface area contributed by atoms with Gasteiger partial charge >= 0.3 is 0 Å². The number of rotatable bonds is 4. The molecule has 0 aromatic heterocycles. The molecule has 1 aromatic carbocycles. The molecule has 1 heterocycles. The second kappa shape index (κ2) is 5.96. The van der Waals surface area contributed by atoms with Gasteiger partial charge in [0.05, 0.1) is 18.1 Å². The molecule has 1 unspecified atom stereocenters. The number of benzene rings is 1. The Morgan fingerprint density at radius 2 is 2.19 bits per heavy atom. The SMILES string of the molecule is COc1cc([N+](=O)[O-])ccc1S(=O)(=O)N1CCCC(N)C1. The molecule has 0 bridgehead atoms. The summed E-state index contributed by atoms with van der Waals surface area (Å²) < 4.78 is 31.5. The monoisotopic (exact) mass is 315 g/mol. The van der Waals surface area contributed by atoms with Crippen molar-refractivity contribution < 1.29 is 18.1 Å². The minimum Gasteiger partial charge on any atom is -0.495 e. The highest BCUT2D eigenvalue weighted by atomic mass is 32.2. The van der Waals surface area contributed by atoms with Gasteiger partial charge in [-0.25, -0.2) is 8.42 Å². The Hall–Kier alpha value is -1.71. The van der Waals surface area contributed by atoms with Crippen molar-refractivity contribution in [1.82, 2.24) is 4.31 Å². The Labute approximate surface area is 122 Å². The zero-order chi connectivity index (χ0) is 15.6. The molecule has 1 aliphatic heterocycles. The number of methoxy groups -OCH3 is 1. The number of ether oxygens (including phenoxy) is 1. The molecule has 1 aromatic rings. The van der Waals surface area contributed by atoms with E-state index < -0.39 is 14.9 Å². The third-order valence-electron chi connectivity index (χ3n) is 3.40. The predicted octanol–water partition coefficient (Wildman–Crippen LogP) is 0.715. The van der Waals surface area contributed by atoms with Gasteiger partial charge < -0.3 is 10.5 Å². The normalized spacial score (nSPS) is 20.2. The van der Waals surface area contributed by atoms with Crippen molar-refractivity contribution in [3.8, 4) is 5.75 Å². The summed E-state index contributed by atoms with van der Waals surface area (Å²) in [6, 6.07) is 3.26. The van der Waals surface area contributed by atoms with Crippen LogP contribution in [0.3, 0.4) is 0 Å². The van der Waals surface area contributed by atoms with E-state index in [0.717, 1.165) is 18.6 Å². The van der Waals surface area contributed by atoms with Crippen molar-refractivity contribution in [2.24, 2.45) is 5.73 Å². The van der Waals surface area contributed by atoms with Gasteiger partial charge in [-0.1, -0.05) is 0 Å². The van der Waals surface area contributed by atoms with E-state index in [1.807, 2.05) is 0 Å². The fraction of sp³-hybridized carbons (Fsp3) is 0.500. The third-order valence-corrected chi connectivity index (χ3v) is 5.30. The molecular formula is C12H17N3O5S. The summed E-state index contributed by atoms with van der Waals surface area (Å²) in [6.07, 6.45) is 1.47. The smallest absolute Gasteiger partial charge is 0.273 e.